The van der Waals surface area contributed by atoms with Crippen LogP contribution in [0.4, 0.5) is 0 Å². The Bertz CT molecular complexity index is 419. The largest absolute Gasteiger partial charge is 0.343 e. The van der Waals surface area contributed by atoms with Crippen molar-refractivity contribution in [2.24, 2.45) is 5.92 Å². The van der Waals surface area contributed by atoms with Gasteiger partial charge >= 0.3 is 0 Å². The molecule has 0 atom stereocenters. The Morgan fingerprint density at radius 1 is 1.00 bits per heavy atom. The van der Waals surface area contributed by atoms with Crippen molar-refractivity contribution in [2.45, 2.75) is 78.2 Å². The first kappa shape index (κ1) is 23.6. The number of rotatable bonds is 12. The van der Waals surface area contributed by atoms with E-state index < -0.39 is 0 Å². The van der Waals surface area contributed by atoms with Crippen LogP contribution in [-0.4, -0.2) is 85.6 Å². The molecule has 0 aromatic carbocycles. The number of piperazine rings is 1. The number of piperidine rings is 1. The first-order valence-corrected chi connectivity index (χ1v) is 12.0. The summed E-state index contributed by atoms with van der Waals surface area (Å²) in [5, 5.41) is 3.35. The molecule has 2 fully saturated rings. The van der Waals surface area contributed by atoms with Crippen LogP contribution >= 0.6 is 0 Å². The predicted octanol–water partition coefficient (Wildman–Crippen LogP) is 3.45. The molecule has 0 saturated carbocycles. The van der Waals surface area contributed by atoms with Gasteiger partial charge in [-0.15, -0.1) is 0 Å². The maximum Gasteiger partial charge on any atom is 0.222 e. The van der Waals surface area contributed by atoms with E-state index in [-0.39, 0.29) is 1.43 Å². The normalized spacial score (nSPS) is 20.2. The Hall–Kier alpha value is -0.650. The molecule has 0 spiro atoms. The van der Waals surface area contributed by atoms with Gasteiger partial charge in [0, 0.05) is 53.2 Å². The van der Waals surface area contributed by atoms with Crippen molar-refractivity contribution < 1.29 is 6.22 Å². The molecule has 1 N–H and O–H groups in total. The predicted molar refractivity (Wildman–Crippen MR) is 121 cm³/mol. The molecular formula is C23H48N4O. The van der Waals surface area contributed by atoms with Gasteiger partial charge < -0.3 is 15.1 Å². The van der Waals surface area contributed by atoms with E-state index in [0.29, 0.717) is 11.9 Å². The Labute approximate surface area is 175 Å². The Balaban J connectivity index is 0.00000420. The van der Waals surface area contributed by atoms with Crippen molar-refractivity contribution >= 4 is 5.91 Å². The van der Waals surface area contributed by atoms with E-state index in [0.717, 1.165) is 51.4 Å². The van der Waals surface area contributed by atoms with Crippen LogP contribution < -0.4 is 5.32 Å². The molecule has 0 aliphatic carbocycles. The Kier molecular flexibility index (Phi) is 11.4. The number of carbonyl (C=O) groups excluding carboxylic acids is 1. The lowest BCUT2D eigenvalue weighted by atomic mass is 10.0. The fourth-order valence-electron chi connectivity index (χ4n) is 4.59. The number of unbranched alkanes of at least 4 members (excludes halogenated alkanes) is 2. The lowest BCUT2D eigenvalue weighted by Crippen LogP contribution is -2.53. The highest BCUT2D eigenvalue weighted by atomic mass is 16.2. The van der Waals surface area contributed by atoms with Gasteiger partial charge in [0.2, 0.25) is 5.91 Å². The number of likely N-dealkylation sites (tertiary alicyclic amines) is 1. The molecule has 0 aromatic heterocycles. The van der Waals surface area contributed by atoms with E-state index in [1.165, 1.54) is 64.8 Å². The summed E-state index contributed by atoms with van der Waals surface area (Å²) in [6, 6.07) is 0.696. The van der Waals surface area contributed by atoms with Crippen LogP contribution in [0.25, 0.3) is 0 Å². The number of nitrogens with zero attached hydrogens (tertiary/aromatic N) is 3. The topological polar surface area (TPSA) is 38.8 Å². The third-order valence-electron chi connectivity index (χ3n) is 6.49. The summed E-state index contributed by atoms with van der Waals surface area (Å²) >= 11 is 0. The second kappa shape index (κ2) is 13.6. The van der Waals surface area contributed by atoms with Gasteiger partial charge in [0.05, 0.1) is 0 Å². The number of nitrogens with one attached hydrogen (secondary N) is 1. The molecule has 0 bridgehead atoms. The summed E-state index contributed by atoms with van der Waals surface area (Å²) in [4.78, 5) is 19.9. The monoisotopic (exact) mass is 396 g/mol. The van der Waals surface area contributed by atoms with Gasteiger partial charge in [-0.25, -0.2) is 0 Å². The van der Waals surface area contributed by atoms with Crippen LogP contribution in [0.5, 0.6) is 0 Å². The van der Waals surface area contributed by atoms with Gasteiger partial charge in [-0.1, -0.05) is 27.2 Å². The van der Waals surface area contributed by atoms with Gasteiger partial charge in [-0.3, -0.25) is 9.69 Å². The van der Waals surface area contributed by atoms with E-state index in [1.807, 2.05) is 0 Å². The van der Waals surface area contributed by atoms with Crippen molar-refractivity contribution in [1.29, 1.82) is 0 Å². The molecule has 2 rings (SSSR count). The van der Waals surface area contributed by atoms with Crippen molar-refractivity contribution in [3.05, 3.63) is 0 Å². The standard InChI is InChI=1S/C23H46N4O.H2/c1-4-24-13-7-5-6-10-23(28)27-15-11-22(12-16-27)26-19-17-25(18-20-26)14-8-9-21(2)3;/h21-22,24H,4-20H2,1-3H3;1H. The minimum absolute atomic E-state index is 0. The third-order valence-corrected chi connectivity index (χ3v) is 6.49. The quantitative estimate of drug-likeness (QED) is 0.513. The van der Waals surface area contributed by atoms with Crippen LogP contribution in [0.1, 0.15) is 73.6 Å². The number of hydrogen-bond acceptors (Lipinski definition) is 4. The fourth-order valence-corrected chi connectivity index (χ4v) is 4.59. The zero-order valence-corrected chi connectivity index (χ0v) is 18.9. The smallest absolute Gasteiger partial charge is 0.222 e. The van der Waals surface area contributed by atoms with Gasteiger partial charge in [0.25, 0.3) is 0 Å². The average molecular weight is 397 g/mol. The van der Waals surface area contributed by atoms with Crippen LogP contribution in [0.15, 0.2) is 0 Å². The molecule has 0 aromatic rings. The minimum atomic E-state index is 0. The Morgan fingerprint density at radius 3 is 2.36 bits per heavy atom. The lowest BCUT2D eigenvalue weighted by Gasteiger charge is -2.43. The van der Waals surface area contributed by atoms with E-state index in [4.69, 9.17) is 0 Å². The molecule has 2 saturated heterocycles. The molecule has 28 heavy (non-hydrogen) atoms. The summed E-state index contributed by atoms with van der Waals surface area (Å²) in [5.41, 5.74) is 0. The number of hydrogen-bond donors (Lipinski definition) is 1. The van der Waals surface area contributed by atoms with Gasteiger partial charge in [-0.2, -0.15) is 0 Å². The van der Waals surface area contributed by atoms with Crippen molar-refractivity contribution in [2.75, 3.05) is 58.9 Å². The van der Waals surface area contributed by atoms with Crippen molar-refractivity contribution in [1.82, 2.24) is 20.0 Å². The summed E-state index contributed by atoms with van der Waals surface area (Å²) < 4.78 is 0. The summed E-state index contributed by atoms with van der Waals surface area (Å²) in [6.07, 6.45) is 9.16. The van der Waals surface area contributed by atoms with E-state index in [9.17, 15) is 4.79 Å². The van der Waals surface area contributed by atoms with Gasteiger partial charge in [-0.05, 0) is 64.1 Å². The molecule has 166 valence electrons. The maximum atomic E-state index is 12.5. The van der Waals surface area contributed by atoms with Crippen LogP contribution in [0.2, 0.25) is 0 Å². The molecule has 5 heteroatoms. The van der Waals surface area contributed by atoms with E-state index >= 15 is 0 Å². The molecule has 5 nitrogen and oxygen atoms in total. The molecule has 0 radical (unpaired) electrons. The van der Waals surface area contributed by atoms with Crippen LogP contribution in [0, 0.1) is 5.92 Å². The first-order chi connectivity index (χ1) is 13.6. The Morgan fingerprint density at radius 2 is 1.71 bits per heavy atom. The third kappa shape index (κ3) is 8.79. The van der Waals surface area contributed by atoms with Crippen molar-refractivity contribution in [3.8, 4) is 0 Å². The highest BCUT2D eigenvalue weighted by Crippen LogP contribution is 2.20. The molecule has 2 heterocycles. The van der Waals surface area contributed by atoms with E-state index in [1.54, 1.807) is 0 Å². The second-order valence-corrected chi connectivity index (χ2v) is 9.19. The van der Waals surface area contributed by atoms with E-state index in [2.05, 4.69) is 40.8 Å². The summed E-state index contributed by atoms with van der Waals surface area (Å²) in [6.45, 7) is 17.0. The highest BCUT2D eigenvalue weighted by molar-refractivity contribution is 5.76. The average Bonchev–Trinajstić information content (AvgIpc) is 2.71. The first-order valence-electron chi connectivity index (χ1n) is 12.0. The van der Waals surface area contributed by atoms with Crippen LogP contribution in [0.3, 0.4) is 0 Å². The number of carbonyl (C=O) groups is 1. The second-order valence-electron chi connectivity index (χ2n) is 9.19. The molecular weight excluding hydrogens is 348 g/mol. The van der Waals surface area contributed by atoms with Gasteiger partial charge in [0.1, 0.15) is 0 Å². The maximum absolute atomic E-state index is 12.5. The van der Waals surface area contributed by atoms with Crippen molar-refractivity contribution in [3.63, 3.8) is 0 Å². The van der Waals surface area contributed by atoms with Gasteiger partial charge in [0.15, 0.2) is 0 Å². The molecule has 1 amide bonds. The highest BCUT2D eigenvalue weighted by Gasteiger charge is 2.28. The molecule has 2 aliphatic rings. The van der Waals surface area contributed by atoms with Crippen LogP contribution in [-0.2, 0) is 4.79 Å². The summed E-state index contributed by atoms with van der Waals surface area (Å²) in [5.74, 6) is 1.21. The number of amides is 1. The SMILES string of the molecule is CCNCCCCCC(=O)N1CCC(N2CCN(CCCC(C)C)CC2)CC1.[HH]. The lowest BCUT2D eigenvalue weighted by molar-refractivity contribution is -0.133. The minimum Gasteiger partial charge on any atom is -0.343 e. The zero-order chi connectivity index (χ0) is 20.2. The summed E-state index contributed by atoms with van der Waals surface area (Å²) in [7, 11) is 0. The molecule has 2 aliphatic heterocycles. The molecule has 0 unspecified atom stereocenters. The zero-order valence-electron chi connectivity index (χ0n) is 18.9. The fraction of sp³-hybridized carbons (Fsp3) is 0.957.